The Morgan fingerprint density at radius 3 is 1.33 bits per heavy atom. The maximum Gasteiger partial charge on any atom is 0.255 e. The zero-order valence-corrected chi connectivity index (χ0v) is 25.2. The summed E-state index contributed by atoms with van der Waals surface area (Å²) in [5.41, 5.74) is 4.54. The highest BCUT2D eigenvalue weighted by atomic mass is 16.2. The molecule has 0 fully saturated rings. The molecule has 0 aliphatic heterocycles. The molecule has 46 heavy (non-hydrogen) atoms. The van der Waals surface area contributed by atoms with Gasteiger partial charge in [0.1, 0.15) is 25.5 Å². The summed E-state index contributed by atoms with van der Waals surface area (Å²) in [6.45, 7) is 0. The number of benzene rings is 3. The Kier molecular flexibility index (Phi) is 9.69. The molecule has 0 atom stereocenters. The van der Waals surface area contributed by atoms with Crippen molar-refractivity contribution >= 4 is 52.5 Å². The van der Waals surface area contributed by atoms with E-state index in [4.69, 9.17) is 0 Å². The van der Waals surface area contributed by atoms with Crippen LogP contribution in [0.3, 0.4) is 0 Å². The largest absolute Gasteiger partial charge is 0.323 e. The quantitative estimate of drug-likeness (QED) is 0.142. The molecule has 10 heteroatoms. The molecular weight excluding hydrogens is 580 g/mol. The van der Waals surface area contributed by atoms with Gasteiger partial charge in [-0.3, -0.25) is 19.2 Å². The number of aromatic nitrogens is 2. The van der Waals surface area contributed by atoms with Gasteiger partial charge in [-0.25, -0.2) is 9.13 Å². The third-order valence-corrected chi connectivity index (χ3v) is 6.81. The van der Waals surface area contributed by atoms with E-state index < -0.39 is 0 Å². The summed E-state index contributed by atoms with van der Waals surface area (Å²) < 4.78 is 3.68. The van der Waals surface area contributed by atoms with Gasteiger partial charge in [0.2, 0.25) is 5.91 Å². The maximum atomic E-state index is 12.8. The minimum atomic E-state index is -0.342. The number of amides is 4. The summed E-state index contributed by atoms with van der Waals surface area (Å²) in [6.07, 6.45) is 10.4. The molecule has 0 unspecified atom stereocenters. The summed E-state index contributed by atoms with van der Waals surface area (Å²) >= 11 is 0. The Bertz CT molecular complexity index is 1920. The van der Waals surface area contributed by atoms with Crippen LogP contribution in [0, 0.1) is 0 Å². The van der Waals surface area contributed by atoms with Gasteiger partial charge in [0.05, 0.1) is 0 Å². The van der Waals surface area contributed by atoms with Crippen molar-refractivity contribution in [2.45, 2.75) is 0 Å². The third-order valence-electron chi connectivity index (χ3n) is 6.81. The number of hydrogen-bond acceptors (Lipinski definition) is 4. The molecule has 0 aliphatic rings. The summed E-state index contributed by atoms with van der Waals surface area (Å²) in [5, 5.41) is 11.3. The van der Waals surface area contributed by atoms with Gasteiger partial charge in [0, 0.05) is 46.3 Å². The molecule has 0 radical (unpaired) electrons. The SMILES string of the molecule is C[n+]1cccc(NC(=O)c2ccc(NC(=O)/C=C/c3ccc(C(=O)Nc4ccc(C(=O)Nc5ccc[n+](C)c5)cc4)cc3)cc2)c1. The van der Waals surface area contributed by atoms with E-state index >= 15 is 0 Å². The van der Waals surface area contributed by atoms with E-state index in [1.807, 2.05) is 47.8 Å². The highest BCUT2D eigenvalue weighted by Gasteiger charge is 2.11. The van der Waals surface area contributed by atoms with E-state index in [0.29, 0.717) is 39.4 Å². The van der Waals surface area contributed by atoms with Gasteiger partial charge in [-0.15, -0.1) is 0 Å². The predicted molar refractivity (Wildman–Crippen MR) is 176 cm³/mol. The molecule has 0 aliphatic carbocycles. The van der Waals surface area contributed by atoms with Crippen LogP contribution in [0.2, 0.25) is 0 Å². The van der Waals surface area contributed by atoms with Gasteiger partial charge < -0.3 is 21.3 Å². The van der Waals surface area contributed by atoms with Crippen LogP contribution in [0.25, 0.3) is 6.08 Å². The first kappa shape index (κ1) is 31.0. The molecular formula is C36H32N6O4+2. The lowest BCUT2D eigenvalue weighted by Gasteiger charge is -2.08. The Balaban J connectivity index is 1.10. The lowest BCUT2D eigenvalue weighted by molar-refractivity contribution is -0.670. The smallest absolute Gasteiger partial charge is 0.255 e. The van der Waals surface area contributed by atoms with Gasteiger partial charge in [0.25, 0.3) is 17.7 Å². The molecule has 3 aromatic carbocycles. The molecule has 0 saturated carbocycles. The number of nitrogens with one attached hydrogen (secondary N) is 4. The Hall–Kier alpha value is -6.42. The van der Waals surface area contributed by atoms with Gasteiger partial charge in [-0.05, 0) is 84.4 Å². The zero-order valence-electron chi connectivity index (χ0n) is 25.2. The van der Waals surface area contributed by atoms with Crippen LogP contribution in [0.5, 0.6) is 0 Å². The van der Waals surface area contributed by atoms with Crippen LogP contribution in [0.4, 0.5) is 22.7 Å². The second kappa shape index (κ2) is 14.4. The van der Waals surface area contributed by atoms with Crippen molar-refractivity contribution in [1.29, 1.82) is 0 Å². The lowest BCUT2D eigenvalue weighted by atomic mass is 10.1. The van der Waals surface area contributed by atoms with Crippen LogP contribution in [-0.2, 0) is 18.9 Å². The standard InChI is InChI=1S/C36H30N6O4/c1-41-21-3-5-31(23-41)39-35(45)27-12-16-29(17-13-27)37-33(43)20-9-25-7-10-26(11-8-25)34(44)38-30-18-14-28(15-19-30)36(46)40-32-6-4-22-42(2)24-32/h3-24H,1-2H3,(H2-2,37,38,39,40,43,44,45,46)/p+2/b20-9+. The second-order valence-electron chi connectivity index (χ2n) is 10.5. The van der Waals surface area contributed by atoms with Gasteiger partial charge >= 0.3 is 0 Å². The first-order valence-corrected chi connectivity index (χ1v) is 14.4. The van der Waals surface area contributed by atoms with Crippen molar-refractivity contribution in [1.82, 2.24) is 0 Å². The summed E-state index contributed by atoms with van der Waals surface area (Å²) in [6, 6.07) is 27.3. The zero-order chi connectivity index (χ0) is 32.5. The average Bonchev–Trinajstić information content (AvgIpc) is 3.04. The fraction of sp³-hybridized carbons (Fsp3) is 0.0556. The Morgan fingerprint density at radius 2 is 0.891 bits per heavy atom. The van der Waals surface area contributed by atoms with Crippen molar-refractivity contribution in [2.75, 3.05) is 21.3 Å². The molecule has 4 amide bonds. The molecule has 0 spiro atoms. The second-order valence-corrected chi connectivity index (χ2v) is 10.5. The predicted octanol–water partition coefficient (Wildman–Crippen LogP) is 4.74. The average molecular weight is 613 g/mol. The topological polar surface area (TPSA) is 124 Å². The first-order valence-electron chi connectivity index (χ1n) is 14.4. The summed E-state index contributed by atoms with van der Waals surface area (Å²) in [4.78, 5) is 50.3. The van der Waals surface area contributed by atoms with E-state index in [0.717, 1.165) is 5.56 Å². The molecule has 0 bridgehead atoms. The maximum absolute atomic E-state index is 12.8. The molecule has 0 saturated heterocycles. The van der Waals surface area contributed by atoms with Crippen molar-refractivity contribution in [3.05, 3.63) is 150 Å². The number of rotatable bonds is 9. The van der Waals surface area contributed by atoms with Crippen molar-refractivity contribution in [3.63, 3.8) is 0 Å². The molecule has 4 N–H and O–H groups in total. The highest BCUT2D eigenvalue weighted by molar-refractivity contribution is 6.07. The fourth-order valence-corrected chi connectivity index (χ4v) is 4.44. The Morgan fingerprint density at radius 1 is 0.500 bits per heavy atom. The number of aryl methyl sites for hydroxylation is 2. The molecule has 2 heterocycles. The molecule has 5 rings (SSSR count). The van der Waals surface area contributed by atoms with E-state index in [1.54, 1.807) is 103 Å². The normalized spacial score (nSPS) is 10.7. The molecule has 228 valence electrons. The number of hydrogen-bond donors (Lipinski definition) is 4. The van der Waals surface area contributed by atoms with Crippen molar-refractivity contribution < 1.29 is 28.3 Å². The number of carbonyl (C=O) groups excluding carboxylic acids is 4. The molecule has 5 aromatic rings. The number of anilines is 4. The number of carbonyl (C=O) groups is 4. The summed E-state index contributed by atoms with van der Waals surface area (Å²) in [7, 11) is 3.74. The van der Waals surface area contributed by atoms with Crippen LogP contribution in [-0.4, -0.2) is 23.6 Å². The van der Waals surface area contributed by atoms with Gasteiger partial charge in [0.15, 0.2) is 24.8 Å². The third kappa shape index (κ3) is 8.57. The van der Waals surface area contributed by atoms with E-state index in [1.165, 1.54) is 6.08 Å². The van der Waals surface area contributed by atoms with E-state index in [2.05, 4.69) is 21.3 Å². The van der Waals surface area contributed by atoms with Gasteiger partial charge in [-0.1, -0.05) is 12.1 Å². The minimum Gasteiger partial charge on any atom is -0.323 e. The number of nitrogens with zero attached hydrogens (tertiary/aromatic N) is 2. The molecule has 2 aromatic heterocycles. The van der Waals surface area contributed by atoms with Crippen LogP contribution < -0.4 is 30.4 Å². The monoisotopic (exact) mass is 612 g/mol. The van der Waals surface area contributed by atoms with E-state index in [9.17, 15) is 19.2 Å². The van der Waals surface area contributed by atoms with Crippen LogP contribution in [0.1, 0.15) is 36.6 Å². The highest BCUT2D eigenvalue weighted by Crippen LogP contribution is 2.15. The van der Waals surface area contributed by atoms with Crippen LogP contribution >= 0.6 is 0 Å². The van der Waals surface area contributed by atoms with Gasteiger partial charge in [-0.2, -0.15) is 0 Å². The summed E-state index contributed by atoms with van der Waals surface area (Å²) in [5.74, 6) is -1.16. The van der Waals surface area contributed by atoms with Crippen LogP contribution in [0.15, 0.2) is 128 Å². The van der Waals surface area contributed by atoms with E-state index in [-0.39, 0.29) is 23.6 Å². The Labute approximate surface area is 266 Å². The number of pyridine rings is 2. The minimum absolute atomic E-state index is 0.252. The van der Waals surface area contributed by atoms with Crippen molar-refractivity contribution in [2.24, 2.45) is 14.1 Å². The molecule has 10 nitrogen and oxygen atoms in total. The lowest BCUT2D eigenvalue weighted by Crippen LogP contribution is -2.27. The fourth-order valence-electron chi connectivity index (χ4n) is 4.44. The first-order chi connectivity index (χ1) is 22.2. The van der Waals surface area contributed by atoms with Crippen molar-refractivity contribution in [3.8, 4) is 0 Å².